The fraction of sp³-hybridized carbons (Fsp3) is 0.321. The lowest BCUT2D eigenvalue weighted by Crippen LogP contribution is -2.47. The molecule has 11 nitrogen and oxygen atoms in total. The molecule has 0 aliphatic heterocycles. The fourth-order valence-corrected chi connectivity index (χ4v) is 4.72. The first-order valence-corrected chi connectivity index (χ1v) is 13.4. The number of esters is 1. The van der Waals surface area contributed by atoms with E-state index in [4.69, 9.17) is 19.6 Å². The Hall–Kier alpha value is -4.29. The molecule has 2 amide bonds. The summed E-state index contributed by atoms with van der Waals surface area (Å²) in [7, 11) is 5.08. The Morgan fingerprint density at radius 1 is 0.975 bits per heavy atom. The Morgan fingerprint density at radius 2 is 1.57 bits per heavy atom. The standard InChI is InChI=1S/C28H33N5O6S/c1-32(2)23(24-30-22(19-40-24)25(34)37-3)15-10-16-33(28(36)39-18-21-13-8-5-9-14-21)26(29)31-27(35)38-17-20-11-6-4-7-12-20/h4-9,11-14,19,23H,10,15-18H2,1-3H3,(H2,29,31,35). The van der Waals surface area contributed by atoms with Gasteiger partial charge in [0.2, 0.25) is 5.96 Å². The van der Waals surface area contributed by atoms with Gasteiger partial charge in [-0.05, 0) is 38.1 Å². The van der Waals surface area contributed by atoms with Crippen LogP contribution < -0.4 is 5.32 Å². The molecular formula is C28H33N5O6S. The molecule has 2 N–H and O–H groups in total. The predicted octanol–water partition coefficient (Wildman–Crippen LogP) is 4.81. The number of nitrogens with zero attached hydrogens (tertiary/aromatic N) is 3. The number of carbonyl (C=O) groups excluding carboxylic acids is 3. The summed E-state index contributed by atoms with van der Waals surface area (Å²) in [6.45, 7) is 0.118. The summed E-state index contributed by atoms with van der Waals surface area (Å²) in [5.41, 5.74) is 1.81. The highest BCUT2D eigenvalue weighted by atomic mass is 32.1. The third-order valence-corrected chi connectivity index (χ3v) is 6.76. The average Bonchev–Trinajstić information content (AvgIpc) is 3.45. The number of aromatic nitrogens is 1. The van der Waals surface area contributed by atoms with Crippen molar-refractivity contribution in [2.45, 2.75) is 32.1 Å². The van der Waals surface area contributed by atoms with Crippen LogP contribution in [-0.2, 0) is 27.4 Å². The number of methoxy groups -OCH3 is 1. The molecular weight excluding hydrogens is 534 g/mol. The lowest BCUT2D eigenvalue weighted by molar-refractivity contribution is 0.0594. The van der Waals surface area contributed by atoms with E-state index in [1.54, 1.807) is 5.38 Å². The molecule has 12 heteroatoms. The molecule has 3 aromatic rings. The smallest absolute Gasteiger partial charge is 0.416 e. The van der Waals surface area contributed by atoms with Crippen molar-refractivity contribution in [3.8, 4) is 0 Å². The van der Waals surface area contributed by atoms with Gasteiger partial charge < -0.3 is 19.1 Å². The van der Waals surface area contributed by atoms with E-state index in [0.717, 1.165) is 21.0 Å². The van der Waals surface area contributed by atoms with Crippen LogP contribution in [0.25, 0.3) is 0 Å². The van der Waals surface area contributed by atoms with Gasteiger partial charge in [0.05, 0.1) is 13.2 Å². The zero-order chi connectivity index (χ0) is 28.9. The minimum absolute atomic E-state index is 0.0116. The second kappa shape index (κ2) is 15.3. The third kappa shape index (κ3) is 9.17. The van der Waals surface area contributed by atoms with Gasteiger partial charge in [0.15, 0.2) is 5.69 Å². The molecule has 2 aromatic carbocycles. The zero-order valence-corrected chi connectivity index (χ0v) is 23.5. The number of amides is 2. The Morgan fingerprint density at radius 3 is 2.15 bits per heavy atom. The summed E-state index contributed by atoms with van der Waals surface area (Å²) >= 11 is 1.34. The Bertz CT molecular complexity index is 1270. The van der Waals surface area contributed by atoms with Crippen molar-refractivity contribution in [1.82, 2.24) is 20.1 Å². The van der Waals surface area contributed by atoms with Crippen LogP contribution in [0, 0.1) is 5.41 Å². The van der Waals surface area contributed by atoms with Crippen molar-refractivity contribution in [2.75, 3.05) is 27.7 Å². The van der Waals surface area contributed by atoms with E-state index in [2.05, 4.69) is 10.3 Å². The summed E-state index contributed by atoms with van der Waals surface area (Å²) in [5.74, 6) is -0.967. The van der Waals surface area contributed by atoms with Crippen LogP contribution in [0.1, 0.15) is 45.5 Å². The van der Waals surface area contributed by atoms with E-state index >= 15 is 0 Å². The number of nitrogens with one attached hydrogen (secondary N) is 2. The van der Waals surface area contributed by atoms with Gasteiger partial charge in [-0.2, -0.15) is 0 Å². The number of carbonyl (C=O) groups is 3. The van der Waals surface area contributed by atoms with Crippen LogP contribution in [0.5, 0.6) is 0 Å². The average molecular weight is 568 g/mol. The van der Waals surface area contributed by atoms with Crippen LogP contribution >= 0.6 is 11.3 Å². The maximum Gasteiger partial charge on any atom is 0.416 e. The van der Waals surface area contributed by atoms with Crippen molar-refractivity contribution in [3.63, 3.8) is 0 Å². The summed E-state index contributed by atoms with van der Waals surface area (Å²) in [6, 6.07) is 18.1. The van der Waals surface area contributed by atoms with Crippen molar-refractivity contribution >= 4 is 35.5 Å². The van der Waals surface area contributed by atoms with Gasteiger partial charge in [-0.1, -0.05) is 60.7 Å². The number of ether oxygens (including phenoxy) is 3. The summed E-state index contributed by atoms with van der Waals surface area (Å²) < 4.78 is 15.4. The zero-order valence-electron chi connectivity index (χ0n) is 22.7. The maximum atomic E-state index is 13.0. The molecule has 0 aliphatic carbocycles. The Balaban J connectivity index is 1.64. The Kier molecular flexibility index (Phi) is 11.6. The van der Waals surface area contributed by atoms with E-state index in [0.29, 0.717) is 12.8 Å². The van der Waals surface area contributed by atoms with Gasteiger partial charge in [-0.25, -0.2) is 24.3 Å². The van der Waals surface area contributed by atoms with Gasteiger partial charge in [0, 0.05) is 11.9 Å². The van der Waals surface area contributed by atoms with Gasteiger partial charge >= 0.3 is 18.2 Å². The van der Waals surface area contributed by atoms with Gasteiger partial charge in [-0.15, -0.1) is 11.3 Å². The van der Waals surface area contributed by atoms with E-state index in [9.17, 15) is 14.4 Å². The van der Waals surface area contributed by atoms with E-state index in [-0.39, 0.29) is 31.5 Å². The van der Waals surface area contributed by atoms with Crippen molar-refractivity contribution in [2.24, 2.45) is 0 Å². The Labute approximate surface area is 237 Å². The molecule has 0 radical (unpaired) electrons. The molecule has 1 aromatic heterocycles. The first-order chi connectivity index (χ1) is 19.3. The molecule has 212 valence electrons. The number of guanidine groups is 1. The van der Waals surface area contributed by atoms with Gasteiger partial charge in [0.1, 0.15) is 18.2 Å². The van der Waals surface area contributed by atoms with Crippen LogP contribution in [0.3, 0.4) is 0 Å². The number of benzene rings is 2. The normalized spacial score (nSPS) is 11.4. The fourth-order valence-electron chi connectivity index (χ4n) is 3.70. The van der Waals surface area contributed by atoms with Crippen LogP contribution in [0.4, 0.5) is 9.59 Å². The lowest BCUT2D eigenvalue weighted by Gasteiger charge is -2.25. The maximum absolute atomic E-state index is 13.0. The van der Waals surface area contributed by atoms with E-state index in [1.807, 2.05) is 79.7 Å². The molecule has 0 saturated carbocycles. The minimum atomic E-state index is -0.862. The molecule has 0 bridgehead atoms. The topological polar surface area (TPSA) is 134 Å². The third-order valence-electron chi connectivity index (χ3n) is 5.81. The highest BCUT2D eigenvalue weighted by molar-refractivity contribution is 7.09. The largest absolute Gasteiger partial charge is 0.464 e. The monoisotopic (exact) mass is 567 g/mol. The molecule has 0 saturated heterocycles. The van der Waals surface area contributed by atoms with Crippen molar-refractivity contribution < 1.29 is 28.6 Å². The number of rotatable bonds is 11. The van der Waals surface area contributed by atoms with Crippen molar-refractivity contribution in [1.29, 1.82) is 5.41 Å². The summed E-state index contributed by atoms with van der Waals surface area (Å²) in [5, 5.41) is 13.1. The number of hydrogen-bond donors (Lipinski definition) is 2. The molecule has 0 spiro atoms. The summed E-state index contributed by atoms with van der Waals surface area (Å²) in [4.78, 5) is 44.6. The summed E-state index contributed by atoms with van der Waals surface area (Å²) in [6.07, 6.45) is -0.644. The molecule has 0 fully saturated rings. The van der Waals surface area contributed by atoms with Crippen LogP contribution in [0.2, 0.25) is 0 Å². The molecule has 40 heavy (non-hydrogen) atoms. The number of thiazole rings is 1. The number of hydrogen-bond acceptors (Lipinski definition) is 10. The number of alkyl carbamates (subject to hydrolysis) is 1. The van der Waals surface area contributed by atoms with Gasteiger partial charge in [-0.3, -0.25) is 10.7 Å². The molecule has 1 unspecified atom stereocenters. The van der Waals surface area contributed by atoms with E-state index in [1.165, 1.54) is 18.4 Å². The molecule has 1 atom stereocenters. The van der Waals surface area contributed by atoms with Crippen LogP contribution in [-0.4, -0.2) is 66.6 Å². The molecule has 0 aliphatic rings. The highest BCUT2D eigenvalue weighted by Crippen LogP contribution is 2.27. The minimum Gasteiger partial charge on any atom is -0.464 e. The SMILES string of the molecule is COC(=O)c1csc(C(CCCN(C(=N)NC(=O)OCc2ccccc2)C(=O)OCc2ccccc2)N(C)C)n1. The van der Waals surface area contributed by atoms with E-state index < -0.39 is 24.1 Å². The predicted molar refractivity (Wildman–Crippen MR) is 150 cm³/mol. The quantitative estimate of drug-likeness (QED) is 0.146. The lowest BCUT2D eigenvalue weighted by atomic mass is 10.1. The van der Waals surface area contributed by atoms with Gasteiger partial charge in [0.25, 0.3) is 0 Å². The molecule has 3 rings (SSSR count). The first kappa shape index (κ1) is 30.3. The second-order valence-corrected chi connectivity index (χ2v) is 9.80. The second-order valence-electron chi connectivity index (χ2n) is 8.91. The first-order valence-electron chi connectivity index (χ1n) is 12.5. The van der Waals surface area contributed by atoms with Crippen LogP contribution in [0.15, 0.2) is 66.0 Å². The highest BCUT2D eigenvalue weighted by Gasteiger charge is 2.25. The molecule has 1 heterocycles. The van der Waals surface area contributed by atoms with Crippen molar-refractivity contribution in [3.05, 3.63) is 87.9 Å².